The Morgan fingerprint density at radius 2 is 1.67 bits per heavy atom. The number of hydrogen-bond acceptors (Lipinski definition) is 7. The summed E-state index contributed by atoms with van der Waals surface area (Å²) in [5.74, 6) is -0.212. The fourth-order valence-electron chi connectivity index (χ4n) is 3.21. The highest BCUT2D eigenvalue weighted by atomic mass is 16.5. The minimum Gasteiger partial charge on any atom is -0.455 e. The number of benzene rings is 2. The third kappa shape index (κ3) is 2.32. The number of fused-ring (bicyclic) bond motifs is 6. The average Bonchev–Trinajstić information content (AvgIpc) is 2.98. The van der Waals surface area contributed by atoms with Crippen molar-refractivity contribution in [3.05, 3.63) is 63.3 Å². The molecule has 0 saturated heterocycles. The van der Waals surface area contributed by atoms with Crippen LogP contribution in [0, 0.1) is 0 Å². The Labute approximate surface area is 149 Å². The largest absolute Gasteiger partial charge is 0.455 e. The van der Waals surface area contributed by atoms with Crippen molar-refractivity contribution in [1.82, 2.24) is 0 Å². The first-order valence-corrected chi connectivity index (χ1v) is 8.05. The third-order valence-electron chi connectivity index (χ3n) is 4.30. The van der Waals surface area contributed by atoms with E-state index in [-0.39, 0.29) is 11.3 Å². The van der Waals surface area contributed by atoms with Crippen LogP contribution in [0.2, 0.25) is 0 Å². The van der Waals surface area contributed by atoms with Crippen molar-refractivity contribution in [3.63, 3.8) is 0 Å². The Morgan fingerprint density at radius 3 is 2.48 bits per heavy atom. The summed E-state index contributed by atoms with van der Waals surface area (Å²) >= 11 is 0. The minimum atomic E-state index is -0.576. The molecule has 2 aromatic carbocycles. The zero-order valence-electron chi connectivity index (χ0n) is 13.9. The maximum atomic E-state index is 12.6. The lowest BCUT2D eigenvalue weighted by Gasteiger charge is -2.02. The quantitative estimate of drug-likeness (QED) is 0.254. The van der Waals surface area contributed by atoms with Gasteiger partial charge in [-0.25, -0.2) is 9.59 Å². The number of rotatable bonds is 1. The zero-order chi connectivity index (χ0) is 18.7. The molecule has 0 saturated carbocycles. The molecule has 0 N–H and O–H groups in total. The zero-order valence-corrected chi connectivity index (χ0v) is 13.9. The molecule has 5 rings (SSSR count). The molecule has 0 unspecified atom stereocenters. The highest BCUT2D eigenvalue weighted by Gasteiger charge is 2.18. The van der Waals surface area contributed by atoms with Crippen molar-refractivity contribution in [2.24, 2.45) is 0 Å². The number of furan rings is 1. The van der Waals surface area contributed by atoms with Crippen LogP contribution < -0.4 is 16.0 Å². The van der Waals surface area contributed by atoms with Crippen molar-refractivity contribution in [2.75, 3.05) is 0 Å². The molecule has 3 aromatic heterocycles. The number of hydrogen-bond donors (Lipinski definition) is 0. The van der Waals surface area contributed by atoms with E-state index in [2.05, 4.69) is 0 Å². The molecule has 0 fully saturated rings. The van der Waals surface area contributed by atoms with Crippen molar-refractivity contribution < 1.29 is 22.8 Å². The second-order valence-electron chi connectivity index (χ2n) is 6.09. The minimum absolute atomic E-state index is 0.237. The van der Waals surface area contributed by atoms with Gasteiger partial charge in [0.2, 0.25) is 0 Å². The van der Waals surface area contributed by atoms with Gasteiger partial charge in [0.05, 0.1) is 5.39 Å². The fraction of sp³-hybridized carbons (Fsp3) is 0.0500. The Kier molecular flexibility index (Phi) is 3.03. The van der Waals surface area contributed by atoms with Gasteiger partial charge in [0, 0.05) is 35.9 Å². The molecular weight excluding hydrogens is 352 g/mol. The van der Waals surface area contributed by atoms with E-state index in [9.17, 15) is 14.4 Å². The number of esters is 1. The highest BCUT2D eigenvalue weighted by molar-refractivity contribution is 6.15. The Bertz CT molecular complexity index is 1510. The summed E-state index contributed by atoms with van der Waals surface area (Å²) < 4.78 is 21.5. The molecule has 0 aliphatic heterocycles. The monoisotopic (exact) mass is 362 g/mol. The van der Waals surface area contributed by atoms with Crippen LogP contribution >= 0.6 is 0 Å². The third-order valence-corrected chi connectivity index (χ3v) is 4.30. The highest BCUT2D eigenvalue weighted by Crippen LogP contribution is 2.34. The smallest absolute Gasteiger partial charge is 0.348 e. The maximum absolute atomic E-state index is 12.6. The Morgan fingerprint density at radius 1 is 0.852 bits per heavy atom. The lowest BCUT2D eigenvalue weighted by molar-refractivity contribution is -0.131. The number of ether oxygens (including phenoxy) is 1. The lowest BCUT2D eigenvalue weighted by atomic mass is 10.1. The summed E-state index contributed by atoms with van der Waals surface area (Å²) in [6.07, 6.45) is 0. The van der Waals surface area contributed by atoms with Crippen LogP contribution in [0.25, 0.3) is 43.9 Å². The van der Waals surface area contributed by atoms with Gasteiger partial charge in [-0.3, -0.25) is 4.79 Å². The first-order valence-electron chi connectivity index (χ1n) is 8.05. The van der Waals surface area contributed by atoms with Gasteiger partial charge in [-0.05, 0) is 24.3 Å². The number of carbonyl (C=O) groups excluding carboxylic acids is 1. The molecule has 0 spiro atoms. The molecule has 132 valence electrons. The lowest BCUT2D eigenvalue weighted by Crippen LogP contribution is -2.02. The molecule has 7 heteroatoms. The van der Waals surface area contributed by atoms with Gasteiger partial charge >= 0.3 is 17.2 Å². The molecule has 0 amide bonds. The summed E-state index contributed by atoms with van der Waals surface area (Å²) in [7, 11) is 0. The molecule has 5 aromatic rings. The normalized spacial score (nSPS) is 11.6. The topological polar surface area (TPSA) is 99.9 Å². The van der Waals surface area contributed by atoms with Crippen molar-refractivity contribution in [3.8, 4) is 5.75 Å². The molecular formula is C20H10O7. The SMILES string of the molecule is CC(=O)Oc1ccc2c(c1)oc(=O)c1c3cc4ccc(=O)oc4cc3oc21. The predicted octanol–water partition coefficient (Wildman–Crippen LogP) is 3.72. The van der Waals surface area contributed by atoms with E-state index in [0.29, 0.717) is 38.3 Å². The Hall–Kier alpha value is -3.87. The maximum Gasteiger partial charge on any atom is 0.348 e. The summed E-state index contributed by atoms with van der Waals surface area (Å²) in [6.45, 7) is 1.28. The molecule has 7 nitrogen and oxygen atoms in total. The van der Waals surface area contributed by atoms with Crippen LogP contribution in [-0.2, 0) is 4.79 Å². The molecule has 0 radical (unpaired) electrons. The summed E-state index contributed by atoms with van der Waals surface area (Å²) in [6, 6.07) is 10.9. The van der Waals surface area contributed by atoms with Gasteiger partial charge in [0.25, 0.3) is 0 Å². The van der Waals surface area contributed by atoms with Gasteiger partial charge in [-0.1, -0.05) is 0 Å². The van der Waals surface area contributed by atoms with Crippen molar-refractivity contribution in [1.29, 1.82) is 0 Å². The summed E-state index contributed by atoms with van der Waals surface area (Å²) in [4.78, 5) is 35.1. The van der Waals surface area contributed by atoms with E-state index in [1.807, 2.05) is 0 Å². The van der Waals surface area contributed by atoms with E-state index in [0.717, 1.165) is 0 Å². The van der Waals surface area contributed by atoms with Crippen LogP contribution in [0.4, 0.5) is 0 Å². The van der Waals surface area contributed by atoms with Gasteiger partial charge in [-0.15, -0.1) is 0 Å². The molecule has 0 atom stereocenters. The van der Waals surface area contributed by atoms with Gasteiger partial charge in [0.15, 0.2) is 5.58 Å². The molecule has 3 heterocycles. The average molecular weight is 362 g/mol. The summed E-state index contributed by atoms with van der Waals surface area (Å²) in [5, 5.41) is 2.08. The fourth-order valence-corrected chi connectivity index (χ4v) is 3.21. The first kappa shape index (κ1) is 15.4. The second-order valence-corrected chi connectivity index (χ2v) is 6.09. The molecule has 0 bridgehead atoms. The van der Waals surface area contributed by atoms with Gasteiger partial charge < -0.3 is 18.0 Å². The van der Waals surface area contributed by atoms with Crippen molar-refractivity contribution in [2.45, 2.75) is 6.92 Å². The molecule has 27 heavy (non-hydrogen) atoms. The van der Waals surface area contributed by atoms with E-state index < -0.39 is 17.2 Å². The second kappa shape index (κ2) is 5.31. The number of carbonyl (C=O) groups is 1. The standard InChI is InChI=1S/C20H10O7/c1-9(21)24-11-3-4-12-15(7-11)27-20(23)18-13-6-10-2-5-17(22)25-14(10)8-16(13)26-19(12)18/h2-8H,1H3. The molecule has 0 aliphatic rings. The van der Waals surface area contributed by atoms with Gasteiger partial charge in [-0.2, -0.15) is 0 Å². The Balaban J connectivity index is 1.89. The van der Waals surface area contributed by atoms with E-state index in [1.165, 1.54) is 19.1 Å². The van der Waals surface area contributed by atoms with Crippen molar-refractivity contribution >= 4 is 49.8 Å². The predicted molar refractivity (Wildman–Crippen MR) is 97.1 cm³/mol. The van der Waals surface area contributed by atoms with Crippen LogP contribution in [0.15, 0.2) is 65.3 Å². The van der Waals surface area contributed by atoms with Crippen LogP contribution in [0.1, 0.15) is 6.92 Å². The first-order chi connectivity index (χ1) is 13.0. The van der Waals surface area contributed by atoms with E-state index in [4.69, 9.17) is 18.0 Å². The van der Waals surface area contributed by atoms with Crippen LogP contribution in [-0.4, -0.2) is 5.97 Å². The van der Waals surface area contributed by atoms with Gasteiger partial charge in [0.1, 0.15) is 27.9 Å². The van der Waals surface area contributed by atoms with E-state index in [1.54, 1.807) is 30.3 Å². The summed E-state index contributed by atoms with van der Waals surface area (Å²) in [5.41, 5.74) is 0.300. The van der Waals surface area contributed by atoms with E-state index >= 15 is 0 Å². The molecule has 0 aliphatic carbocycles. The van der Waals surface area contributed by atoms with Crippen LogP contribution in [0.3, 0.4) is 0 Å². The van der Waals surface area contributed by atoms with Crippen LogP contribution in [0.5, 0.6) is 5.75 Å².